The van der Waals surface area contributed by atoms with E-state index in [1.165, 1.54) is 0 Å². The molecule has 0 spiro atoms. The van der Waals surface area contributed by atoms with E-state index in [9.17, 15) is 0 Å². The number of rotatable bonds is 4. The zero-order valence-electron chi connectivity index (χ0n) is 12.1. The molecule has 1 aliphatic rings. The van der Waals surface area contributed by atoms with Crippen molar-refractivity contribution < 1.29 is 18.9 Å². The monoisotopic (exact) mass is 363 g/mol. The van der Waals surface area contributed by atoms with Crippen molar-refractivity contribution in [1.82, 2.24) is 0 Å². The summed E-state index contributed by atoms with van der Waals surface area (Å²) in [6.45, 7) is 0.248. The molecule has 0 atom stereocenters. The van der Waals surface area contributed by atoms with Gasteiger partial charge in [-0.2, -0.15) is 0 Å². The van der Waals surface area contributed by atoms with Crippen LogP contribution < -0.4 is 18.9 Å². The summed E-state index contributed by atoms with van der Waals surface area (Å²) in [6.07, 6.45) is 1.76. The number of aliphatic imine (C=N–C) groups is 1. The minimum atomic E-state index is 0.248. The van der Waals surface area contributed by atoms with Crippen LogP contribution in [0.2, 0.25) is 0 Å². The van der Waals surface area contributed by atoms with Gasteiger partial charge in [-0.15, -0.1) is 0 Å². The fourth-order valence-corrected chi connectivity index (χ4v) is 2.51. The first-order chi connectivity index (χ1) is 10.7. The molecule has 0 saturated carbocycles. The van der Waals surface area contributed by atoms with Gasteiger partial charge in [0, 0.05) is 22.3 Å². The highest BCUT2D eigenvalue weighted by atomic mass is 79.9. The second-order valence-electron chi connectivity index (χ2n) is 4.52. The van der Waals surface area contributed by atoms with Crippen LogP contribution in [0.15, 0.2) is 39.8 Å². The summed E-state index contributed by atoms with van der Waals surface area (Å²) in [6, 6.07) is 9.25. The van der Waals surface area contributed by atoms with Gasteiger partial charge in [-0.1, -0.05) is 0 Å². The topological polar surface area (TPSA) is 49.3 Å². The average Bonchev–Trinajstić information content (AvgIpc) is 2.99. The lowest BCUT2D eigenvalue weighted by molar-refractivity contribution is 0.174. The van der Waals surface area contributed by atoms with Gasteiger partial charge in [-0.25, -0.2) is 0 Å². The molecule has 0 bridgehead atoms. The minimum Gasteiger partial charge on any atom is -0.493 e. The van der Waals surface area contributed by atoms with Crippen molar-refractivity contribution >= 4 is 27.8 Å². The molecule has 3 rings (SSSR count). The first-order valence-corrected chi connectivity index (χ1v) is 7.36. The van der Waals surface area contributed by atoms with Crippen molar-refractivity contribution in [2.45, 2.75) is 0 Å². The number of methoxy groups -OCH3 is 2. The Morgan fingerprint density at radius 3 is 2.50 bits per heavy atom. The number of halogens is 1. The van der Waals surface area contributed by atoms with Crippen LogP contribution in [-0.4, -0.2) is 27.2 Å². The summed E-state index contributed by atoms with van der Waals surface area (Å²) < 4.78 is 22.1. The lowest BCUT2D eigenvalue weighted by atomic mass is 10.2. The Balaban J connectivity index is 1.88. The SMILES string of the molecule is COc1ccc(N=Cc2cc3c(cc2Br)OCO3)cc1OC. The molecule has 0 aliphatic carbocycles. The van der Waals surface area contributed by atoms with E-state index in [0.717, 1.165) is 27.2 Å². The van der Waals surface area contributed by atoms with Gasteiger partial charge in [-0.3, -0.25) is 4.99 Å². The smallest absolute Gasteiger partial charge is 0.231 e. The van der Waals surface area contributed by atoms with Crippen molar-refractivity contribution in [3.8, 4) is 23.0 Å². The summed E-state index contributed by atoms with van der Waals surface area (Å²) in [5.74, 6) is 2.76. The van der Waals surface area contributed by atoms with Crippen molar-refractivity contribution in [3.05, 3.63) is 40.4 Å². The maximum atomic E-state index is 5.37. The van der Waals surface area contributed by atoms with Gasteiger partial charge < -0.3 is 18.9 Å². The van der Waals surface area contributed by atoms with E-state index in [1.54, 1.807) is 20.4 Å². The highest BCUT2D eigenvalue weighted by Crippen LogP contribution is 2.37. The zero-order chi connectivity index (χ0) is 15.5. The molecule has 0 saturated heterocycles. The molecule has 1 heterocycles. The number of benzene rings is 2. The Morgan fingerprint density at radius 1 is 1.05 bits per heavy atom. The number of hydrogen-bond donors (Lipinski definition) is 0. The maximum Gasteiger partial charge on any atom is 0.231 e. The fraction of sp³-hybridized carbons (Fsp3) is 0.188. The van der Waals surface area contributed by atoms with Crippen LogP contribution >= 0.6 is 15.9 Å². The van der Waals surface area contributed by atoms with Crippen molar-refractivity contribution in [2.24, 2.45) is 4.99 Å². The largest absolute Gasteiger partial charge is 0.493 e. The lowest BCUT2D eigenvalue weighted by Gasteiger charge is -2.07. The third-order valence-electron chi connectivity index (χ3n) is 3.21. The Kier molecular flexibility index (Phi) is 4.20. The first-order valence-electron chi connectivity index (χ1n) is 6.56. The zero-order valence-corrected chi connectivity index (χ0v) is 13.7. The molecule has 1 aliphatic heterocycles. The molecule has 0 N–H and O–H groups in total. The Morgan fingerprint density at radius 2 is 1.77 bits per heavy atom. The van der Waals surface area contributed by atoms with E-state index in [0.29, 0.717) is 11.5 Å². The summed E-state index contributed by atoms with van der Waals surface area (Å²) in [5, 5.41) is 0. The second-order valence-corrected chi connectivity index (χ2v) is 5.38. The standard InChI is InChI=1S/C16H14BrNO4/c1-19-13-4-3-11(6-14(13)20-2)18-8-10-5-15-16(7-12(10)17)22-9-21-15/h3-8H,9H2,1-2H3. The molecule has 114 valence electrons. The maximum absolute atomic E-state index is 5.37. The van der Waals surface area contributed by atoms with Crippen LogP contribution in [-0.2, 0) is 0 Å². The molecule has 2 aromatic rings. The summed E-state index contributed by atoms with van der Waals surface area (Å²) in [4.78, 5) is 4.46. The third-order valence-corrected chi connectivity index (χ3v) is 3.90. The molecular weight excluding hydrogens is 350 g/mol. The van der Waals surface area contributed by atoms with Crippen molar-refractivity contribution in [2.75, 3.05) is 21.0 Å². The second kappa shape index (κ2) is 6.27. The van der Waals surface area contributed by atoms with Gasteiger partial charge in [0.05, 0.1) is 19.9 Å². The molecule has 0 fully saturated rings. The van der Waals surface area contributed by atoms with Crippen LogP contribution in [0.25, 0.3) is 0 Å². The van der Waals surface area contributed by atoms with Crippen LogP contribution in [0.1, 0.15) is 5.56 Å². The Labute approximate surface area is 136 Å². The lowest BCUT2D eigenvalue weighted by Crippen LogP contribution is -1.92. The molecule has 0 aromatic heterocycles. The number of hydrogen-bond acceptors (Lipinski definition) is 5. The molecular formula is C16H14BrNO4. The highest BCUT2D eigenvalue weighted by molar-refractivity contribution is 9.10. The van der Waals surface area contributed by atoms with E-state index in [4.69, 9.17) is 18.9 Å². The van der Waals surface area contributed by atoms with Gasteiger partial charge in [0.2, 0.25) is 6.79 Å². The van der Waals surface area contributed by atoms with Crippen molar-refractivity contribution in [1.29, 1.82) is 0 Å². The quantitative estimate of drug-likeness (QED) is 0.771. The van der Waals surface area contributed by atoms with Gasteiger partial charge in [0.1, 0.15) is 0 Å². The average molecular weight is 364 g/mol. The van der Waals surface area contributed by atoms with E-state index in [2.05, 4.69) is 20.9 Å². The summed E-state index contributed by atoms with van der Waals surface area (Å²) in [5.41, 5.74) is 1.67. The molecule has 2 aromatic carbocycles. The first kappa shape index (κ1) is 14.7. The van der Waals surface area contributed by atoms with Gasteiger partial charge in [-0.05, 0) is 40.2 Å². The van der Waals surface area contributed by atoms with E-state index >= 15 is 0 Å². The molecule has 0 radical (unpaired) electrons. The van der Waals surface area contributed by atoms with Crippen molar-refractivity contribution in [3.63, 3.8) is 0 Å². The van der Waals surface area contributed by atoms with Crippen LogP contribution in [0.4, 0.5) is 5.69 Å². The minimum absolute atomic E-state index is 0.248. The predicted molar refractivity (Wildman–Crippen MR) is 87.1 cm³/mol. The van der Waals surface area contributed by atoms with Gasteiger partial charge in [0.25, 0.3) is 0 Å². The number of fused-ring (bicyclic) bond motifs is 1. The van der Waals surface area contributed by atoms with Gasteiger partial charge >= 0.3 is 0 Å². The fourth-order valence-electron chi connectivity index (χ4n) is 2.08. The summed E-state index contributed by atoms with van der Waals surface area (Å²) >= 11 is 3.50. The normalized spacial score (nSPS) is 12.7. The van der Waals surface area contributed by atoms with Crippen LogP contribution in [0, 0.1) is 0 Å². The molecule has 0 unspecified atom stereocenters. The number of ether oxygens (including phenoxy) is 4. The highest BCUT2D eigenvalue weighted by Gasteiger charge is 2.15. The Bertz CT molecular complexity index is 730. The van der Waals surface area contributed by atoms with E-state index < -0.39 is 0 Å². The van der Waals surface area contributed by atoms with Crippen LogP contribution in [0.5, 0.6) is 23.0 Å². The van der Waals surface area contributed by atoms with E-state index in [-0.39, 0.29) is 6.79 Å². The number of nitrogens with zero attached hydrogens (tertiary/aromatic N) is 1. The van der Waals surface area contributed by atoms with Gasteiger partial charge in [0.15, 0.2) is 23.0 Å². The van der Waals surface area contributed by atoms with Crippen LogP contribution in [0.3, 0.4) is 0 Å². The molecule has 6 heteroatoms. The Hall–Kier alpha value is -2.21. The molecule has 22 heavy (non-hydrogen) atoms. The predicted octanol–water partition coefficient (Wildman–Crippen LogP) is 3.95. The molecule has 5 nitrogen and oxygen atoms in total. The third kappa shape index (κ3) is 2.87. The van der Waals surface area contributed by atoms with E-state index in [1.807, 2.05) is 30.3 Å². The summed E-state index contributed by atoms with van der Waals surface area (Å²) in [7, 11) is 3.20. The molecule has 0 amide bonds.